The van der Waals surface area contributed by atoms with E-state index in [0.29, 0.717) is 12.1 Å². The summed E-state index contributed by atoms with van der Waals surface area (Å²) in [6.45, 7) is 2.15. The molecule has 0 aromatic carbocycles. The average molecular weight is 299 g/mol. The van der Waals surface area contributed by atoms with Crippen LogP contribution in [0, 0.1) is 18.8 Å². The van der Waals surface area contributed by atoms with Crippen molar-refractivity contribution in [2.24, 2.45) is 0 Å². The number of aryl methyl sites for hydroxylation is 1. The molecular weight excluding hydrogens is 286 g/mol. The molecular formula is C15H13N3O2S. The molecule has 5 nitrogen and oxygen atoms in total. The maximum absolute atomic E-state index is 12.4. The van der Waals surface area contributed by atoms with Gasteiger partial charge in [-0.05, 0) is 24.4 Å². The van der Waals surface area contributed by atoms with Gasteiger partial charge in [0.2, 0.25) is 0 Å². The highest BCUT2D eigenvalue weighted by atomic mass is 32.1. The molecule has 0 amide bonds. The molecule has 0 atom stereocenters. The van der Waals surface area contributed by atoms with Crippen LogP contribution >= 0.6 is 11.3 Å². The minimum absolute atomic E-state index is 0.0763. The number of fused-ring (bicyclic) bond motifs is 1. The highest BCUT2D eigenvalue weighted by Gasteiger charge is 2.08. The van der Waals surface area contributed by atoms with Gasteiger partial charge in [-0.3, -0.25) is 4.79 Å². The largest absolute Gasteiger partial charge is 0.384 e. The summed E-state index contributed by atoms with van der Waals surface area (Å²) in [5.74, 6) is 5.54. The minimum atomic E-state index is -0.170. The Morgan fingerprint density at radius 2 is 2.29 bits per heavy atom. The summed E-state index contributed by atoms with van der Waals surface area (Å²) in [4.78, 5) is 13.4. The summed E-state index contributed by atoms with van der Waals surface area (Å²) in [7, 11) is 0. The predicted molar refractivity (Wildman–Crippen MR) is 81.6 cm³/mol. The van der Waals surface area contributed by atoms with Crippen molar-refractivity contribution in [2.75, 3.05) is 6.61 Å². The normalized spacial score (nSPS) is 10.6. The van der Waals surface area contributed by atoms with Crippen LogP contribution < -0.4 is 5.56 Å². The second kappa shape index (κ2) is 5.56. The molecule has 0 aliphatic rings. The second-order valence-electron chi connectivity index (χ2n) is 4.56. The van der Waals surface area contributed by atoms with Crippen LogP contribution in [0.2, 0.25) is 0 Å². The molecule has 0 radical (unpaired) electrons. The molecule has 21 heavy (non-hydrogen) atoms. The zero-order chi connectivity index (χ0) is 14.8. The molecule has 106 valence electrons. The number of rotatable bonds is 2. The van der Waals surface area contributed by atoms with Crippen molar-refractivity contribution in [3.63, 3.8) is 0 Å². The number of nitrogens with zero attached hydrogens (tertiary/aromatic N) is 3. The molecule has 3 heterocycles. The summed E-state index contributed by atoms with van der Waals surface area (Å²) in [5.41, 5.74) is 2.16. The third-order valence-electron chi connectivity index (χ3n) is 3.09. The number of aliphatic hydroxyl groups excluding tert-OH is 1. The van der Waals surface area contributed by atoms with Crippen molar-refractivity contribution in [1.29, 1.82) is 0 Å². The van der Waals surface area contributed by atoms with Gasteiger partial charge in [-0.2, -0.15) is 5.10 Å². The lowest BCUT2D eigenvalue weighted by atomic mass is 10.2. The first-order chi connectivity index (χ1) is 10.2. The standard InChI is InChI=1S/C15H13N3O2S/c1-11-9-13-15(20)17(5-6-18(13)16-11)10-14-12(3-2-7-19)4-8-21-14/h4-6,8-9,19H,7,10H2,1H3. The van der Waals surface area contributed by atoms with Crippen LogP contribution in [0.25, 0.3) is 5.52 Å². The van der Waals surface area contributed by atoms with E-state index in [1.807, 2.05) is 18.4 Å². The molecule has 0 fully saturated rings. The van der Waals surface area contributed by atoms with Gasteiger partial charge in [-0.15, -0.1) is 11.3 Å². The fourth-order valence-electron chi connectivity index (χ4n) is 2.14. The third kappa shape index (κ3) is 2.61. The number of thiophene rings is 1. The SMILES string of the molecule is Cc1cc2c(=O)n(Cc3sccc3C#CCO)ccn2n1. The third-order valence-corrected chi connectivity index (χ3v) is 3.99. The van der Waals surface area contributed by atoms with Gasteiger partial charge in [0.05, 0.1) is 12.2 Å². The van der Waals surface area contributed by atoms with Crippen molar-refractivity contribution in [3.8, 4) is 11.8 Å². The van der Waals surface area contributed by atoms with E-state index in [1.165, 1.54) is 0 Å². The van der Waals surface area contributed by atoms with E-state index in [9.17, 15) is 4.79 Å². The number of hydrogen-bond donors (Lipinski definition) is 1. The Morgan fingerprint density at radius 3 is 3.10 bits per heavy atom. The van der Waals surface area contributed by atoms with Crippen molar-refractivity contribution in [2.45, 2.75) is 13.5 Å². The van der Waals surface area contributed by atoms with Gasteiger partial charge >= 0.3 is 0 Å². The van der Waals surface area contributed by atoms with E-state index in [-0.39, 0.29) is 12.2 Å². The molecule has 0 spiro atoms. The lowest BCUT2D eigenvalue weighted by Crippen LogP contribution is -2.21. The Hall–Kier alpha value is -2.36. The highest BCUT2D eigenvalue weighted by Crippen LogP contribution is 2.16. The Bertz CT molecular complexity index is 908. The fraction of sp³-hybridized carbons (Fsp3) is 0.200. The summed E-state index contributed by atoms with van der Waals surface area (Å²) in [6.07, 6.45) is 3.50. The van der Waals surface area contributed by atoms with Crippen molar-refractivity contribution in [1.82, 2.24) is 14.2 Å². The van der Waals surface area contributed by atoms with Gasteiger partial charge in [0.15, 0.2) is 0 Å². The predicted octanol–water partition coefficient (Wildman–Crippen LogP) is 1.26. The Morgan fingerprint density at radius 1 is 1.43 bits per heavy atom. The van der Waals surface area contributed by atoms with Crippen molar-refractivity contribution >= 4 is 16.9 Å². The van der Waals surface area contributed by atoms with Crippen molar-refractivity contribution < 1.29 is 5.11 Å². The summed E-state index contributed by atoms with van der Waals surface area (Å²) in [5, 5.41) is 14.9. The molecule has 0 aliphatic carbocycles. The van der Waals surface area contributed by atoms with E-state index in [0.717, 1.165) is 16.1 Å². The maximum atomic E-state index is 12.4. The van der Waals surface area contributed by atoms with Gasteiger partial charge in [-0.1, -0.05) is 11.8 Å². The molecule has 3 aromatic rings. The van der Waals surface area contributed by atoms with Gasteiger partial charge in [0.25, 0.3) is 5.56 Å². The molecule has 1 N–H and O–H groups in total. The quantitative estimate of drug-likeness (QED) is 0.725. The zero-order valence-electron chi connectivity index (χ0n) is 11.4. The van der Waals surface area contributed by atoms with E-state index >= 15 is 0 Å². The number of hydrogen-bond acceptors (Lipinski definition) is 4. The lowest BCUT2D eigenvalue weighted by Gasteiger charge is -2.05. The molecule has 0 unspecified atom stereocenters. The molecule has 0 aliphatic heterocycles. The Kier molecular flexibility index (Phi) is 3.60. The van der Waals surface area contributed by atoms with E-state index in [1.54, 1.807) is 38.9 Å². The monoisotopic (exact) mass is 299 g/mol. The van der Waals surface area contributed by atoms with Gasteiger partial charge < -0.3 is 9.67 Å². The Labute approximate surface area is 125 Å². The first-order valence-corrected chi connectivity index (χ1v) is 7.28. The molecule has 6 heteroatoms. The van der Waals surface area contributed by atoms with Crippen molar-refractivity contribution in [3.05, 3.63) is 56.4 Å². The first-order valence-electron chi connectivity index (χ1n) is 6.40. The van der Waals surface area contributed by atoms with Crippen LogP contribution in [0.5, 0.6) is 0 Å². The number of aromatic nitrogens is 3. The van der Waals surface area contributed by atoms with E-state index in [4.69, 9.17) is 5.11 Å². The minimum Gasteiger partial charge on any atom is -0.384 e. The van der Waals surface area contributed by atoms with Crippen LogP contribution in [0.3, 0.4) is 0 Å². The van der Waals surface area contributed by atoms with Crippen LogP contribution in [0.4, 0.5) is 0 Å². The average Bonchev–Trinajstić information content (AvgIpc) is 3.06. The first kappa shape index (κ1) is 13.6. The van der Waals surface area contributed by atoms with E-state index in [2.05, 4.69) is 16.9 Å². The smallest absolute Gasteiger partial charge is 0.276 e. The number of aliphatic hydroxyl groups is 1. The van der Waals surface area contributed by atoms with Crippen LogP contribution in [0.15, 0.2) is 34.7 Å². The molecule has 0 bridgehead atoms. The van der Waals surface area contributed by atoms with E-state index < -0.39 is 0 Å². The Balaban J connectivity index is 2.01. The van der Waals surface area contributed by atoms with Crippen LogP contribution in [-0.2, 0) is 6.54 Å². The van der Waals surface area contributed by atoms with Gasteiger partial charge in [0, 0.05) is 22.8 Å². The van der Waals surface area contributed by atoms with Crippen LogP contribution in [-0.4, -0.2) is 25.9 Å². The fourth-order valence-corrected chi connectivity index (χ4v) is 2.96. The second-order valence-corrected chi connectivity index (χ2v) is 5.56. The summed E-state index contributed by atoms with van der Waals surface area (Å²) < 4.78 is 3.24. The zero-order valence-corrected chi connectivity index (χ0v) is 12.2. The molecule has 0 saturated heterocycles. The molecule has 3 aromatic heterocycles. The topological polar surface area (TPSA) is 59.5 Å². The highest BCUT2D eigenvalue weighted by molar-refractivity contribution is 7.10. The van der Waals surface area contributed by atoms with Gasteiger partial charge in [-0.25, -0.2) is 4.52 Å². The lowest BCUT2D eigenvalue weighted by molar-refractivity contribution is 0.350. The summed E-state index contributed by atoms with van der Waals surface area (Å²) >= 11 is 1.55. The van der Waals surface area contributed by atoms with Gasteiger partial charge in [0.1, 0.15) is 12.1 Å². The molecule has 0 saturated carbocycles. The summed E-state index contributed by atoms with van der Waals surface area (Å²) in [6, 6.07) is 3.68. The van der Waals surface area contributed by atoms with Crippen LogP contribution in [0.1, 0.15) is 16.1 Å². The molecule has 3 rings (SSSR count). The maximum Gasteiger partial charge on any atom is 0.276 e.